The molecule has 34 heavy (non-hydrogen) atoms. The van der Waals surface area contributed by atoms with Gasteiger partial charge in [-0.3, -0.25) is 19.3 Å². The summed E-state index contributed by atoms with van der Waals surface area (Å²) in [5.41, 5.74) is 7.91. The SMILES string of the molecule is C[C@@H](c1ccc(C(=O)N(C)C)cc1)N1C(=O)[C@@H]2CC1CN2C[C@H](N)C(=O)N1[C@H](C#N)C[C@@H]2C[C@@H]21. The fraction of sp³-hybridized carbons (Fsp3) is 0.600. The van der Waals surface area contributed by atoms with Crippen LogP contribution in [-0.2, 0) is 9.59 Å². The number of nitrogens with zero attached hydrogens (tertiary/aromatic N) is 5. The fourth-order valence-electron chi connectivity index (χ4n) is 6.13. The highest BCUT2D eigenvalue weighted by atomic mass is 16.2. The van der Waals surface area contributed by atoms with E-state index in [9.17, 15) is 19.6 Å². The molecule has 4 aliphatic rings. The molecule has 2 N–H and O–H groups in total. The number of rotatable bonds is 6. The van der Waals surface area contributed by atoms with Gasteiger partial charge in [0.15, 0.2) is 0 Å². The van der Waals surface area contributed by atoms with Crippen LogP contribution in [0.15, 0.2) is 24.3 Å². The summed E-state index contributed by atoms with van der Waals surface area (Å²) in [5.74, 6) is 0.305. The lowest BCUT2D eigenvalue weighted by Gasteiger charge is -2.38. The molecule has 3 saturated heterocycles. The smallest absolute Gasteiger partial charge is 0.253 e. The molecule has 9 nitrogen and oxygen atoms in total. The Labute approximate surface area is 200 Å². The van der Waals surface area contributed by atoms with Gasteiger partial charge in [-0.1, -0.05) is 12.1 Å². The number of likely N-dealkylation sites (tertiary alicyclic amines) is 3. The second-order valence-electron chi connectivity index (χ2n) is 10.4. The van der Waals surface area contributed by atoms with Crippen molar-refractivity contribution in [1.29, 1.82) is 5.26 Å². The third kappa shape index (κ3) is 3.65. The fourth-order valence-corrected chi connectivity index (χ4v) is 6.13. The molecule has 3 aliphatic heterocycles. The normalized spacial score (nSPS) is 31.3. The Morgan fingerprint density at radius 2 is 1.91 bits per heavy atom. The van der Waals surface area contributed by atoms with E-state index in [1.54, 1.807) is 36.0 Å². The molecule has 4 fully saturated rings. The highest BCUT2D eigenvalue weighted by Gasteiger charge is 2.56. The first-order chi connectivity index (χ1) is 16.2. The van der Waals surface area contributed by atoms with Crippen molar-refractivity contribution in [3.63, 3.8) is 0 Å². The predicted octanol–water partition coefficient (Wildman–Crippen LogP) is 0.575. The monoisotopic (exact) mass is 464 g/mol. The van der Waals surface area contributed by atoms with Gasteiger partial charge < -0.3 is 20.4 Å². The zero-order valence-corrected chi connectivity index (χ0v) is 19.9. The van der Waals surface area contributed by atoms with E-state index in [2.05, 4.69) is 6.07 Å². The molecule has 1 aromatic rings. The van der Waals surface area contributed by atoms with Gasteiger partial charge in [-0.2, -0.15) is 5.26 Å². The molecule has 9 heteroatoms. The van der Waals surface area contributed by atoms with Gasteiger partial charge in [0, 0.05) is 44.8 Å². The van der Waals surface area contributed by atoms with Crippen molar-refractivity contribution in [1.82, 2.24) is 19.6 Å². The lowest BCUT2D eigenvalue weighted by Crippen LogP contribution is -2.57. The van der Waals surface area contributed by atoms with Crippen molar-refractivity contribution in [2.24, 2.45) is 11.7 Å². The van der Waals surface area contributed by atoms with Crippen LogP contribution in [-0.4, -0.2) is 94.7 Å². The van der Waals surface area contributed by atoms with Gasteiger partial charge in [-0.25, -0.2) is 0 Å². The minimum absolute atomic E-state index is 0.0516. The van der Waals surface area contributed by atoms with E-state index >= 15 is 0 Å². The third-order valence-electron chi connectivity index (χ3n) is 8.03. The third-order valence-corrected chi connectivity index (χ3v) is 8.03. The number of carbonyl (C=O) groups is 3. The van der Waals surface area contributed by atoms with Crippen molar-refractivity contribution < 1.29 is 14.4 Å². The molecular weight excluding hydrogens is 432 g/mol. The molecule has 1 aromatic carbocycles. The van der Waals surface area contributed by atoms with Crippen LogP contribution in [0.25, 0.3) is 0 Å². The number of amides is 3. The molecule has 1 aliphatic carbocycles. The van der Waals surface area contributed by atoms with E-state index in [1.165, 1.54) is 0 Å². The molecule has 3 amide bonds. The molecule has 3 heterocycles. The van der Waals surface area contributed by atoms with Crippen molar-refractivity contribution in [2.75, 3.05) is 27.2 Å². The number of benzene rings is 1. The lowest BCUT2D eigenvalue weighted by molar-refractivity contribution is -0.141. The summed E-state index contributed by atoms with van der Waals surface area (Å²) in [5, 5.41) is 9.39. The van der Waals surface area contributed by atoms with Crippen LogP contribution < -0.4 is 5.73 Å². The quantitative estimate of drug-likeness (QED) is 0.659. The maximum Gasteiger partial charge on any atom is 0.253 e. The summed E-state index contributed by atoms with van der Waals surface area (Å²) in [7, 11) is 3.44. The number of nitrogens with two attached hydrogens (primary N) is 1. The molecular formula is C25H32N6O3. The van der Waals surface area contributed by atoms with Crippen molar-refractivity contribution in [3.05, 3.63) is 35.4 Å². The summed E-state index contributed by atoms with van der Waals surface area (Å²) in [6.45, 7) is 3.04. The summed E-state index contributed by atoms with van der Waals surface area (Å²) >= 11 is 0. The van der Waals surface area contributed by atoms with E-state index in [1.807, 2.05) is 28.9 Å². The Bertz CT molecular complexity index is 1050. The molecule has 1 saturated carbocycles. The summed E-state index contributed by atoms with van der Waals surface area (Å²) in [6, 6.07) is 8.48. The Morgan fingerprint density at radius 1 is 1.21 bits per heavy atom. The van der Waals surface area contributed by atoms with Crippen LogP contribution in [0.2, 0.25) is 0 Å². The number of hydrogen-bond donors (Lipinski definition) is 1. The van der Waals surface area contributed by atoms with E-state index in [0.29, 0.717) is 24.6 Å². The topological polar surface area (TPSA) is 114 Å². The Morgan fingerprint density at radius 3 is 2.53 bits per heavy atom. The van der Waals surface area contributed by atoms with Crippen LogP contribution in [0.3, 0.4) is 0 Å². The Kier molecular flexibility index (Phi) is 5.61. The molecule has 5 rings (SSSR count). The van der Waals surface area contributed by atoms with Crippen LogP contribution >= 0.6 is 0 Å². The number of carbonyl (C=O) groups excluding carboxylic acids is 3. The summed E-state index contributed by atoms with van der Waals surface area (Å²) in [6.07, 6.45) is 2.46. The highest BCUT2D eigenvalue weighted by molar-refractivity contribution is 5.94. The lowest BCUT2D eigenvalue weighted by atomic mass is 10.0. The van der Waals surface area contributed by atoms with Gasteiger partial charge in [-0.15, -0.1) is 0 Å². The van der Waals surface area contributed by atoms with Gasteiger partial charge in [0.25, 0.3) is 5.91 Å². The van der Waals surface area contributed by atoms with Crippen LogP contribution in [0.5, 0.6) is 0 Å². The highest BCUT2D eigenvalue weighted by Crippen LogP contribution is 2.48. The Balaban J connectivity index is 1.21. The zero-order valence-electron chi connectivity index (χ0n) is 19.9. The first-order valence-electron chi connectivity index (χ1n) is 12.1. The summed E-state index contributed by atoms with van der Waals surface area (Å²) < 4.78 is 0. The van der Waals surface area contributed by atoms with Crippen LogP contribution in [0.1, 0.15) is 48.1 Å². The molecule has 0 aromatic heterocycles. The van der Waals surface area contributed by atoms with Crippen LogP contribution in [0.4, 0.5) is 0 Å². The number of hydrogen-bond acceptors (Lipinski definition) is 6. The standard InChI is InChI=1S/C25H32N6O3/c1-14(15-4-6-16(7-5-15)23(32)28(2)3)30-19-10-22(25(30)34)29(12-19)13-20(27)24(33)31-18(11-26)8-17-9-21(17)31/h4-7,14,17-22H,8-10,12-13,27H2,1-3H3/t14-,17+,18-,19?,20-,21-,22-/m0/s1. The van der Waals surface area contributed by atoms with E-state index in [4.69, 9.17) is 5.73 Å². The first kappa shape index (κ1) is 22.8. The van der Waals surface area contributed by atoms with Gasteiger partial charge >= 0.3 is 0 Å². The van der Waals surface area contributed by atoms with Crippen molar-refractivity contribution in [2.45, 2.75) is 62.4 Å². The van der Waals surface area contributed by atoms with E-state index in [-0.39, 0.29) is 47.9 Å². The minimum Gasteiger partial charge on any atom is -0.345 e. The minimum atomic E-state index is -0.727. The molecule has 7 atom stereocenters. The van der Waals surface area contributed by atoms with Gasteiger partial charge in [0.2, 0.25) is 11.8 Å². The van der Waals surface area contributed by atoms with E-state index < -0.39 is 6.04 Å². The Hall–Kier alpha value is -2.96. The second-order valence-corrected chi connectivity index (χ2v) is 10.4. The number of piperidine rings is 1. The number of piperazine rings is 1. The number of fused-ring (bicyclic) bond motifs is 3. The molecule has 0 spiro atoms. The first-order valence-corrected chi connectivity index (χ1v) is 12.1. The van der Waals surface area contributed by atoms with Crippen molar-refractivity contribution in [3.8, 4) is 6.07 Å². The molecule has 180 valence electrons. The van der Waals surface area contributed by atoms with Gasteiger partial charge in [0.05, 0.1) is 24.2 Å². The second kappa shape index (κ2) is 8.36. The molecule has 1 unspecified atom stereocenters. The predicted molar refractivity (Wildman–Crippen MR) is 124 cm³/mol. The summed E-state index contributed by atoms with van der Waals surface area (Å²) in [4.78, 5) is 45.6. The average Bonchev–Trinajstić information content (AvgIpc) is 3.15. The van der Waals surface area contributed by atoms with Gasteiger partial charge in [-0.05, 0) is 49.8 Å². The van der Waals surface area contributed by atoms with E-state index in [0.717, 1.165) is 24.8 Å². The average molecular weight is 465 g/mol. The van der Waals surface area contributed by atoms with Gasteiger partial charge in [0.1, 0.15) is 6.04 Å². The number of nitriles is 1. The maximum atomic E-state index is 13.3. The maximum absolute atomic E-state index is 13.3. The van der Waals surface area contributed by atoms with Crippen LogP contribution in [0, 0.1) is 17.2 Å². The zero-order chi connectivity index (χ0) is 24.3. The largest absolute Gasteiger partial charge is 0.345 e. The molecule has 0 radical (unpaired) electrons. The van der Waals surface area contributed by atoms with Crippen molar-refractivity contribution >= 4 is 17.7 Å². The molecule has 2 bridgehead atoms.